The lowest BCUT2D eigenvalue weighted by Crippen LogP contribution is -2.39. The van der Waals surface area contributed by atoms with Crippen LogP contribution in [0.5, 0.6) is 0 Å². The van der Waals surface area contributed by atoms with E-state index in [1.807, 2.05) is 0 Å². The minimum atomic E-state index is -0.830. The average Bonchev–Trinajstić information content (AvgIpc) is 2.95. The van der Waals surface area contributed by atoms with Gasteiger partial charge in [-0.15, -0.1) is 0 Å². The summed E-state index contributed by atoms with van der Waals surface area (Å²) in [5, 5.41) is 14.7. The number of nitrogens with one attached hydrogen (secondary N) is 2. The zero-order valence-corrected chi connectivity index (χ0v) is 8.98. The van der Waals surface area contributed by atoms with Gasteiger partial charge in [-0.25, -0.2) is 0 Å². The van der Waals surface area contributed by atoms with E-state index in [2.05, 4.69) is 10.6 Å². The van der Waals surface area contributed by atoms with E-state index in [9.17, 15) is 9.59 Å². The fourth-order valence-corrected chi connectivity index (χ4v) is 1.77. The molecule has 1 saturated carbocycles. The van der Waals surface area contributed by atoms with Crippen LogP contribution in [0, 0.1) is 5.92 Å². The number of carbonyl (C=O) groups excluding carboxylic acids is 1. The van der Waals surface area contributed by atoms with Gasteiger partial charge in [-0.3, -0.25) is 9.59 Å². The third-order valence-electron chi connectivity index (χ3n) is 2.88. The number of carbonyl (C=O) groups is 2. The third-order valence-corrected chi connectivity index (χ3v) is 2.88. The second-order valence-electron chi connectivity index (χ2n) is 4.39. The van der Waals surface area contributed by atoms with Crippen LogP contribution < -0.4 is 10.6 Å². The van der Waals surface area contributed by atoms with Crippen LogP contribution in [-0.4, -0.2) is 35.6 Å². The Kier molecular flexibility index (Phi) is 3.24. The molecule has 0 saturated heterocycles. The predicted molar refractivity (Wildman–Crippen MR) is 57.8 cm³/mol. The number of hydrogen-bond acceptors (Lipinski definition) is 3. The molecule has 0 spiro atoms. The van der Waals surface area contributed by atoms with Crippen LogP contribution >= 0.6 is 0 Å². The molecular weight excluding hydrogens is 208 g/mol. The topological polar surface area (TPSA) is 78.4 Å². The summed E-state index contributed by atoms with van der Waals surface area (Å²) in [6, 6.07) is 0.381. The van der Waals surface area contributed by atoms with E-state index in [0.29, 0.717) is 19.0 Å². The zero-order valence-electron chi connectivity index (χ0n) is 8.98. The second kappa shape index (κ2) is 4.65. The first-order valence-electron chi connectivity index (χ1n) is 5.59. The van der Waals surface area contributed by atoms with Crippen LogP contribution in [0.4, 0.5) is 0 Å². The van der Waals surface area contributed by atoms with Crippen molar-refractivity contribution in [3.8, 4) is 0 Å². The first-order valence-corrected chi connectivity index (χ1v) is 5.59. The van der Waals surface area contributed by atoms with Crippen molar-refractivity contribution >= 4 is 11.9 Å². The minimum Gasteiger partial charge on any atom is -0.481 e. The fraction of sp³-hybridized carbons (Fsp3) is 0.636. The van der Waals surface area contributed by atoms with Gasteiger partial charge in [-0.1, -0.05) is 12.2 Å². The van der Waals surface area contributed by atoms with Gasteiger partial charge < -0.3 is 15.7 Å². The molecule has 0 aromatic heterocycles. The van der Waals surface area contributed by atoms with Crippen molar-refractivity contribution in [2.75, 3.05) is 6.54 Å². The van der Waals surface area contributed by atoms with E-state index < -0.39 is 11.9 Å². The summed E-state index contributed by atoms with van der Waals surface area (Å²) in [6.07, 6.45) is 6.16. The Morgan fingerprint density at radius 3 is 2.62 bits per heavy atom. The SMILES string of the molecule is O=C(CNC1CC1)NC1C=CC(C(=O)O)C1. The van der Waals surface area contributed by atoms with Gasteiger partial charge in [0.2, 0.25) is 5.91 Å². The highest BCUT2D eigenvalue weighted by Crippen LogP contribution is 2.19. The summed E-state index contributed by atoms with van der Waals surface area (Å²) in [6.45, 7) is 0.326. The summed E-state index contributed by atoms with van der Waals surface area (Å²) in [4.78, 5) is 22.1. The molecule has 0 aliphatic heterocycles. The van der Waals surface area contributed by atoms with Crippen molar-refractivity contribution in [2.45, 2.75) is 31.3 Å². The Balaban J connectivity index is 1.67. The maximum absolute atomic E-state index is 11.5. The predicted octanol–water partition coefficient (Wildman–Crippen LogP) is -0.116. The molecule has 16 heavy (non-hydrogen) atoms. The molecule has 1 fully saturated rings. The van der Waals surface area contributed by atoms with Gasteiger partial charge in [0, 0.05) is 12.1 Å². The van der Waals surface area contributed by atoms with Crippen molar-refractivity contribution in [1.82, 2.24) is 10.6 Å². The number of amides is 1. The third kappa shape index (κ3) is 3.06. The smallest absolute Gasteiger partial charge is 0.310 e. The van der Waals surface area contributed by atoms with E-state index in [0.717, 1.165) is 12.8 Å². The van der Waals surface area contributed by atoms with Crippen LogP contribution in [0.3, 0.4) is 0 Å². The molecule has 0 aromatic carbocycles. The molecule has 5 heteroatoms. The highest BCUT2D eigenvalue weighted by atomic mass is 16.4. The van der Waals surface area contributed by atoms with Gasteiger partial charge >= 0.3 is 5.97 Å². The number of carboxylic acid groups (broad SMARTS) is 1. The lowest BCUT2D eigenvalue weighted by molar-refractivity contribution is -0.140. The quantitative estimate of drug-likeness (QED) is 0.569. The zero-order chi connectivity index (χ0) is 11.5. The van der Waals surface area contributed by atoms with Crippen molar-refractivity contribution in [2.24, 2.45) is 5.92 Å². The molecule has 88 valence electrons. The molecule has 1 amide bonds. The molecule has 5 nitrogen and oxygen atoms in total. The maximum atomic E-state index is 11.5. The maximum Gasteiger partial charge on any atom is 0.310 e. The first-order chi connectivity index (χ1) is 7.65. The Labute approximate surface area is 93.9 Å². The van der Waals surface area contributed by atoms with Gasteiger partial charge in [0.1, 0.15) is 0 Å². The normalized spacial score (nSPS) is 28.0. The number of hydrogen-bond donors (Lipinski definition) is 3. The van der Waals surface area contributed by atoms with E-state index in [4.69, 9.17) is 5.11 Å². The van der Waals surface area contributed by atoms with Crippen molar-refractivity contribution in [3.05, 3.63) is 12.2 Å². The molecule has 2 unspecified atom stereocenters. The van der Waals surface area contributed by atoms with Crippen LogP contribution in [0.15, 0.2) is 12.2 Å². The van der Waals surface area contributed by atoms with Crippen molar-refractivity contribution in [3.63, 3.8) is 0 Å². The molecule has 3 N–H and O–H groups in total. The second-order valence-corrected chi connectivity index (χ2v) is 4.39. The van der Waals surface area contributed by atoms with Gasteiger partial charge in [0.15, 0.2) is 0 Å². The lowest BCUT2D eigenvalue weighted by Gasteiger charge is -2.12. The van der Waals surface area contributed by atoms with Gasteiger partial charge in [-0.2, -0.15) is 0 Å². The van der Waals surface area contributed by atoms with Crippen LogP contribution in [0.25, 0.3) is 0 Å². The van der Waals surface area contributed by atoms with Gasteiger partial charge in [0.05, 0.1) is 12.5 Å². The molecule has 2 rings (SSSR count). The Morgan fingerprint density at radius 2 is 2.06 bits per heavy atom. The summed E-state index contributed by atoms with van der Waals surface area (Å²) >= 11 is 0. The number of rotatable bonds is 5. The molecule has 0 bridgehead atoms. The van der Waals surface area contributed by atoms with Crippen LogP contribution in [0.1, 0.15) is 19.3 Å². The molecule has 2 aliphatic carbocycles. The standard InChI is InChI=1S/C11H16N2O3/c14-10(6-12-8-3-4-8)13-9-2-1-7(5-9)11(15)16/h1-2,7-9,12H,3-6H2,(H,13,14)(H,15,16). The van der Waals surface area contributed by atoms with Crippen molar-refractivity contribution in [1.29, 1.82) is 0 Å². The molecule has 0 aromatic rings. The monoisotopic (exact) mass is 224 g/mol. The Bertz CT molecular complexity index is 323. The molecule has 0 heterocycles. The highest BCUT2D eigenvalue weighted by Gasteiger charge is 2.26. The molecule has 2 atom stereocenters. The Morgan fingerprint density at radius 1 is 1.31 bits per heavy atom. The molecular formula is C11H16N2O3. The average molecular weight is 224 g/mol. The van der Waals surface area contributed by atoms with Gasteiger partial charge in [0.25, 0.3) is 0 Å². The van der Waals surface area contributed by atoms with E-state index >= 15 is 0 Å². The molecule has 0 radical (unpaired) electrons. The van der Waals surface area contributed by atoms with Crippen LogP contribution in [0.2, 0.25) is 0 Å². The summed E-state index contributed by atoms with van der Waals surface area (Å²) in [5.74, 6) is -1.35. The fourth-order valence-electron chi connectivity index (χ4n) is 1.77. The van der Waals surface area contributed by atoms with E-state index in [-0.39, 0.29) is 11.9 Å². The summed E-state index contributed by atoms with van der Waals surface area (Å²) < 4.78 is 0. The first kappa shape index (κ1) is 11.1. The van der Waals surface area contributed by atoms with E-state index in [1.165, 1.54) is 0 Å². The number of aliphatic carboxylic acids is 1. The summed E-state index contributed by atoms with van der Waals surface area (Å²) in [5.41, 5.74) is 0. The minimum absolute atomic E-state index is 0.0624. The van der Waals surface area contributed by atoms with Crippen LogP contribution in [-0.2, 0) is 9.59 Å². The van der Waals surface area contributed by atoms with Crippen molar-refractivity contribution < 1.29 is 14.7 Å². The Hall–Kier alpha value is -1.36. The largest absolute Gasteiger partial charge is 0.481 e. The summed E-state index contributed by atoms with van der Waals surface area (Å²) in [7, 11) is 0. The lowest BCUT2D eigenvalue weighted by atomic mass is 10.1. The highest BCUT2D eigenvalue weighted by molar-refractivity contribution is 5.79. The van der Waals surface area contributed by atoms with E-state index in [1.54, 1.807) is 12.2 Å². The molecule has 2 aliphatic rings. The number of carboxylic acids is 1. The van der Waals surface area contributed by atoms with Gasteiger partial charge in [-0.05, 0) is 19.3 Å².